The third-order valence-electron chi connectivity index (χ3n) is 4.44. The summed E-state index contributed by atoms with van der Waals surface area (Å²) in [6.07, 6.45) is -0.492. The zero-order valence-corrected chi connectivity index (χ0v) is 16.2. The van der Waals surface area contributed by atoms with E-state index in [-0.39, 0.29) is 18.7 Å². The third-order valence-corrected chi connectivity index (χ3v) is 4.44. The molecule has 0 aromatic heterocycles. The summed E-state index contributed by atoms with van der Waals surface area (Å²) in [5, 5.41) is 12.3. The van der Waals surface area contributed by atoms with Crippen LogP contribution in [0.5, 0.6) is 5.75 Å². The summed E-state index contributed by atoms with van der Waals surface area (Å²) in [4.78, 5) is 38.9. The number of benzene rings is 1. The monoisotopic (exact) mass is 378 g/mol. The predicted molar refractivity (Wildman–Crippen MR) is 97.0 cm³/mol. The molecule has 1 aromatic carbocycles. The van der Waals surface area contributed by atoms with Crippen LogP contribution in [0.25, 0.3) is 0 Å². The molecule has 1 heterocycles. The van der Waals surface area contributed by atoms with Crippen LogP contribution in [0.15, 0.2) is 24.3 Å². The molecule has 0 aliphatic carbocycles. The first-order valence-electron chi connectivity index (χ1n) is 8.70. The number of nitrogens with one attached hydrogen (secondary N) is 1. The second kappa shape index (κ2) is 7.46. The summed E-state index contributed by atoms with van der Waals surface area (Å²) in [7, 11) is 1.26. The zero-order valence-electron chi connectivity index (χ0n) is 16.2. The largest absolute Gasteiger partial charge is 0.508 e. The molecule has 8 nitrogen and oxygen atoms in total. The van der Waals surface area contributed by atoms with Crippen LogP contribution in [0.3, 0.4) is 0 Å². The average molecular weight is 378 g/mol. The van der Waals surface area contributed by atoms with E-state index in [2.05, 4.69) is 5.32 Å². The number of nitrogens with zero attached hydrogens (tertiary/aromatic N) is 1. The van der Waals surface area contributed by atoms with E-state index in [4.69, 9.17) is 9.47 Å². The number of likely N-dealkylation sites (tertiary alicyclic amines) is 1. The van der Waals surface area contributed by atoms with E-state index >= 15 is 0 Å². The van der Waals surface area contributed by atoms with Crippen LogP contribution in [0.1, 0.15) is 39.7 Å². The molecule has 148 valence electrons. The van der Waals surface area contributed by atoms with Crippen molar-refractivity contribution < 1.29 is 29.0 Å². The lowest BCUT2D eigenvalue weighted by Crippen LogP contribution is -2.54. The minimum Gasteiger partial charge on any atom is -0.508 e. The predicted octanol–water partition coefficient (Wildman–Crippen LogP) is 1.91. The number of phenolic OH excluding ortho intramolecular Hbond substituents is 1. The van der Waals surface area contributed by atoms with Gasteiger partial charge in [0.05, 0.1) is 7.11 Å². The highest BCUT2D eigenvalue weighted by molar-refractivity contribution is 5.95. The van der Waals surface area contributed by atoms with Crippen molar-refractivity contribution in [2.24, 2.45) is 0 Å². The van der Waals surface area contributed by atoms with Gasteiger partial charge in [0.15, 0.2) is 0 Å². The van der Waals surface area contributed by atoms with Crippen LogP contribution in [0, 0.1) is 0 Å². The Balaban J connectivity index is 2.39. The Morgan fingerprint density at radius 3 is 2.37 bits per heavy atom. The first-order chi connectivity index (χ1) is 12.5. The van der Waals surface area contributed by atoms with Gasteiger partial charge in [-0.05, 0) is 45.4 Å². The van der Waals surface area contributed by atoms with Crippen LogP contribution in [0.4, 0.5) is 4.79 Å². The molecule has 1 aliphatic rings. The molecule has 1 aromatic rings. The van der Waals surface area contributed by atoms with Gasteiger partial charge in [-0.25, -0.2) is 9.59 Å². The number of hydrogen-bond donors (Lipinski definition) is 2. The van der Waals surface area contributed by atoms with Crippen LogP contribution < -0.4 is 5.32 Å². The van der Waals surface area contributed by atoms with Gasteiger partial charge in [0.1, 0.15) is 22.9 Å². The van der Waals surface area contributed by atoms with Crippen molar-refractivity contribution in [3.63, 3.8) is 0 Å². The SMILES string of the molecule is COC(=O)C(C)N1CCC(NC(=O)OC(C)(C)C)(c2ccc(O)cc2)C1=O. The minimum atomic E-state index is -1.39. The quantitative estimate of drug-likeness (QED) is 0.776. The van der Waals surface area contributed by atoms with Crippen molar-refractivity contribution in [2.75, 3.05) is 13.7 Å². The van der Waals surface area contributed by atoms with Crippen molar-refractivity contribution in [3.05, 3.63) is 29.8 Å². The Morgan fingerprint density at radius 2 is 1.85 bits per heavy atom. The summed E-state index contributed by atoms with van der Waals surface area (Å²) < 4.78 is 10.1. The first kappa shape index (κ1) is 20.5. The van der Waals surface area contributed by atoms with Gasteiger partial charge in [-0.3, -0.25) is 4.79 Å². The fraction of sp³-hybridized carbons (Fsp3) is 0.526. The summed E-state index contributed by atoms with van der Waals surface area (Å²) in [5.74, 6) is -0.935. The maximum absolute atomic E-state index is 13.3. The number of alkyl carbamates (subject to hydrolysis) is 1. The Hall–Kier alpha value is -2.77. The fourth-order valence-electron chi connectivity index (χ4n) is 3.09. The number of ether oxygens (including phenoxy) is 2. The molecule has 1 saturated heterocycles. The summed E-state index contributed by atoms with van der Waals surface area (Å²) in [5.41, 5.74) is -1.63. The second-order valence-corrected chi connectivity index (χ2v) is 7.53. The van der Waals surface area contributed by atoms with E-state index in [1.165, 1.54) is 24.1 Å². The van der Waals surface area contributed by atoms with E-state index in [1.807, 2.05) is 0 Å². The molecule has 0 saturated carbocycles. The van der Waals surface area contributed by atoms with Gasteiger partial charge in [-0.15, -0.1) is 0 Å². The van der Waals surface area contributed by atoms with Crippen LogP contribution >= 0.6 is 0 Å². The zero-order chi connectivity index (χ0) is 20.4. The number of rotatable bonds is 4. The highest BCUT2D eigenvalue weighted by Gasteiger charge is 2.52. The van der Waals surface area contributed by atoms with Crippen molar-refractivity contribution >= 4 is 18.0 Å². The molecule has 2 atom stereocenters. The molecule has 0 radical (unpaired) electrons. The molecular weight excluding hydrogens is 352 g/mol. The highest BCUT2D eigenvalue weighted by Crippen LogP contribution is 2.35. The number of carbonyl (C=O) groups excluding carboxylic acids is 3. The van der Waals surface area contributed by atoms with E-state index in [1.54, 1.807) is 39.8 Å². The number of aromatic hydroxyl groups is 1. The third kappa shape index (κ3) is 4.32. The number of amides is 2. The maximum Gasteiger partial charge on any atom is 0.408 e. The molecule has 8 heteroatoms. The molecule has 2 amide bonds. The molecule has 2 unspecified atom stereocenters. The second-order valence-electron chi connectivity index (χ2n) is 7.53. The highest BCUT2D eigenvalue weighted by atomic mass is 16.6. The van der Waals surface area contributed by atoms with Crippen LogP contribution in [0.2, 0.25) is 0 Å². The number of hydrogen-bond acceptors (Lipinski definition) is 6. The lowest BCUT2D eigenvalue weighted by molar-refractivity contribution is -0.151. The molecule has 0 bridgehead atoms. The van der Waals surface area contributed by atoms with Gasteiger partial charge in [-0.1, -0.05) is 12.1 Å². The number of phenols is 1. The summed E-state index contributed by atoms with van der Waals surface area (Å²) in [6.45, 7) is 7.00. The molecule has 0 spiro atoms. The molecule has 2 N–H and O–H groups in total. The first-order valence-corrected chi connectivity index (χ1v) is 8.70. The Labute approximate surface area is 158 Å². The van der Waals surface area contributed by atoms with Crippen molar-refractivity contribution in [2.45, 2.75) is 51.3 Å². The average Bonchev–Trinajstić information content (AvgIpc) is 2.89. The lowest BCUT2D eigenvalue weighted by Gasteiger charge is -2.32. The molecule has 1 aliphatic heterocycles. The van der Waals surface area contributed by atoms with Crippen molar-refractivity contribution in [1.29, 1.82) is 0 Å². The lowest BCUT2D eigenvalue weighted by atomic mass is 9.88. The van der Waals surface area contributed by atoms with Gasteiger partial charge >= 0.3 is 12.1 Å². The van der Waals surface area contributed by atoms with Gasteiger partial charge in [0.2, 0.25) is 0 Å². The molecule has 27 heavy (non-hydrogen) atoms. The van der Waals surface area contributed by atoms with E-state index in [9.17, 15) is 19.5 Å². The summed E-state index contributed by atoms with van der Waals surface area (Å²) >= 11 is 0. The number of carbonyl (C=O) groups is 3. The van der Waals surface area contributed by atoms with E-state index in [0.717, 1.165) is 0 Å². The van der Waals surface area contributed by atoms with E-state index in [0.29, 0.717) is 5.56 Å². The maximum atomic E-state index is 13.3. The van der Waals surface area contributed by atoms with Crippen LogP contribution in [-0.2, 0) is 24.6 Å². The van der Waals surface area contributed by atoms with Gasteiger partial charge in [-0.2, -0.15) is 0 Å². The number of esters is 1. The summed E-state index contributed by atoms with van der Waals surface area (Å²) in [6, 6.07) is 5.22. The Bertz CT molecular complexity index is 725. The van der Waals surface area contributed by atoms with Crippen molar-refractivity contribution in [3.8, 4) is 5.75 Å². The molecular formula is C19H26N2O6. The minimum absolute atomic E-state index is 0.0383. The standard InChI is InChI=1S/C19H26N2O6/c1-12(15(23)26-5)21-11-10-19(16(21)24,13-6-8-14(22)9-7-13)20-17(25)27-18(2,3)4/h6-9,12,22H,10-11H2,1-5H3,(H,20,25). The fourth-order valence-corrected chi connectivity index (χ4v) is 3.09. The van der Waals surface area contributed by atoms with E-state index < -0.39 is 35.2 Å². The van der Waals surface area contributed by atoms with Crippen molar-refractivity contribution in [1.82, 2.24) is 10.2 Å². The topological polar surface area (TPSA) is 105 Å². The Morgan fingerprint density at radius 1 is 1.26 bits per heavy atom. The van der Waals surface area contributed by atoms with Gasteiger partial charge in [0.25, 0.3) is 5.91 Å². The van der Waals surface area contributed by atoms with Crippen LogP contribution in [-0.4, -0.2) is 53.3 Å². The Kier molecular flexibility index (Phi) is 5.67. The van der Waals surface area contributed by atoms with Gasteiger partial charge < -0.3 is 24.8 Å². The molecule has 1 fully saturated rings. The normalized spacial score (nSPS) is 20.9. The van der Waals surface area contributed by atoms with Gasteiger partial charge in [0, 0.05) is 13.0 Å². The molecule has 2 rings (SSSR count). The number of methoxy groups -OCH3 is 1. The smallest absolute Gasteiger partial charge is 0.408 e.